The highest BCUT2D eigenvalue weighted by atomic mass is 16.6. The van der Waals surface area contributed by atoms with Crippen LogP contribution in [0.4, 0.5) is 4.79 Å². The van der Waals surface area contributed by atoms with Crippen LogP contribution < -0.4 is 10.6 Å². The monoisotopic (exact) mass is 346 g/mol. The van der Waals surface area contributed by atoms with Gasteiger partial charge in [0.25, 0.3) is 0 Å². The number of rotatable bonds is 7. The van der Waals surface area contributed by atoms with E-state index in [4.69, 9.17) is 4.74 Å². The fraction of sp³-hybridized carbons (Fsp3) is 0.421. The molecule has 25 heavy (non-hydrogen) atoms. The molecule has 0 heterocycles. The smallest absolute Gasteiger partial charge is 0.408 e. The zero-order valence-corrected chi connectivity index (χ0v) is 15.2. The number of benzene rings is 1. The van der Waals surface area contributed by atoms with E-state index >= 15 is 0 Å². The molecule has 1 rings (SSSR count). The molecule has 0 radical (unpaired) electrons. The summed E-state index contributed by atoms with van der Waals surface area (Å²) in [7, 11) is 0. The van der Waals surface area contributed by atoms with E-state index in [1.807, 2.05) is 30.3 Å². The Morgan fingerprint density at radius 1 is 1.16 bits per heavy atom. The quantitative estimate of drug-likeness (QED) is 0.743. The molecule has 1 aromatic rings. The van der Waals surface area contributed by atoms with Gasteiger partial charge in [0, 0.05) is 6.42 Å². The van der Waals surface area contributed by atoms with E-state index in [1.54, 1.807) is 27.7 Å². The minimum atomic E-state index is -0.852. The molecule has 0 saturated heterocycles. The van der Waals surface area contributed by atoms with Gasteiger partial charge in [0.15, 0.2) is 5.78 Å². The van der Waals surface area contributed by atoms with Gasteiger partial charge in [-0.2, -0.15) is 0 Å². The number of alkyl carbamates (subject to hydrolysis) is 1. The highest BCUT2D eigenvalue weighted by molar-refractivity contribution is 5.98. The molecule has 2 N–H and O–H groups in total. The second-order valence-electron chi connectivity index (χ2n) is 6.81. The van der Waals surface area contributed by atoms with Crippen molar-refractivity contribution in [2.24, 2.45) is 0 Å². The van der Waals surface area contributed by atoms with Gasteiger partial charge in [0.2, 0.25) is 5.91 Å². The molecule has 2 amide bonds. The molecular weight excluding hydrogens is 320 g/mol. The van der Waals surface area contributed by atoms with Gasteiger partial charge < -0.3 is 15.4 Å². The van der Waals surface area contributed by atoms with Gasteiger partial charge in [-0.15, -0.1) is 0 Å². The third kappa shape index (κ3) is 8.15. The van der Waals surface area contributed by atoms with Crippen LogP contribution in [0.5, 0.6) is 0 Å². The van der Waals surface area contributed by atoms with Gasteiger partial charge in [-0.05, 0) is 38.8 Å². The lowest BCUT2D eigenvalue weighted by Crippen LogP contribution is -2.50. The minimum Gasteiger partial charge on any atom is -0.444 e. The summed E-state index contributed by atoms with van der Waals surface area (Å²) in [5.74, 6) is -0.714. The molecule has 0 aliphatic carbocycles. The molecule has 0 bridgehead atoms. The lowest BCUT2D eigenvalue weighted by Gasteiger charge is -2.23. The van der Waals surface area contributed by atoms with Gasteiger partial charge in [0.05, 0.1) is 6.54 Å². The number of carbonyl (C=O) groups excluding carboxylic acids is 3. The molecule has 6 heteroatoms. The average molecular weight is 346 g/mol. The standard InChI is InChI=1S/C19H26N2O4/c1-13(2)16(22)12-20-17(23)15(11-14-9-7-6-8-10-14)21-18(24)25-19(3,4)5/h6-10,15H,1,11-12H2,2-5H3,(H,20,23)(H,21,24)/t15-/m0/s1. The van der Waals surface area contributed by atoms with E-state index in [2.05, 4.69) is 17.2 Å². The predicted molar refractivity (Wildman–Crippen MR) is 96.1 cm³/mol. The van der Waals surface area contributed by atoms with Crippen molar-refractivity contribution >= 4 is 17.8 Å². The van der Waals surface area contributed by atoms with Crippen molar-refractivity contribution < 1.29 is 19.1 Å². The summed E-state index contributed by atoms with van der Waals surface area (Å²) >= 11 is 0. The Bertz CT molecular complexity index is 633. The van der Waals surface area contributed by atoms with Crippen molar-refractivity contribution in [2.45, 2.75) is 45.8 Å². The number of hydrogen-bond donors (Lipinski definition) is 2. The Balaban J connectivity index is 2.79. The maximum absolute atomic E-state index is 12.4. The van der Waals surface area contributed by atoms with Crippen molar-refractivity contribution in [1.82, 2.24) is 10.6 Å². The van der Waals surface area contributed by atoms with Gasteiger partial charge in [-0.25, -0.2) is 4.79 Å². The fourth-order valence-corrected chi connectivity index (χ4v) is 1.95. The third-order valence-electron chi connectivity index (χ3n) is 3.19. The fourth-order valence-electron chi connectivity index (χ4n) is 1.95. The number of nitrogens with one attached hydrogen (secondary N) is 2. The molecule has 6 nitrogen and oxygen atoms in total. The predicted octanol–water partition coefficient (Wildman–Crippen LogP) is 2.38. The Morgan fingerprint density at radius 3 is 2.28 bits per heavy atom. The summed E-state index contributed by atoms with van der Waals surface area (Å²) in [6.45, 7) is 10.2. The van der Waals surface area contributed by atoms with E-state index in [9.17, 15) is 14.4 Å². The molecule has 0 aliphatic rings. The Labute approximate surface area is 148 Å². The molecular formula is C19H26N2O4. The topological polar surface area (TPSA) is 84.5 Å². The number of Topliss-reactive ketones (excluding diaryl/α,β-unsaturated/α-hetero) is 1. The van der Waals surface area contributed by atoms with E-state index in [1.165, 1.54) is 0 Å². The number of ether oxygens (including phenoxy) is 1. The number of amides is 2. The molecule has 0 spiro atoms. The molecule has 0 saturated carbocycles. The zero-order valence-electron chi connectivity index (χ0n) is 15.2. The number of carbonyl (C=O) groups is 3. The maximum atomic E-state index is 12.4. The molecule has 0 aromatic heterocycles. The van der Waals surface area contributed by atoms with Gasteiger partial charge >= 0.3 is 6.09 Å². The number of ketones is 1. The van der Waals surface area contributed by atoms with Crippen LogP contribution in [0.2, 0.25) is 0 Å². The van der Waals surface area contributed by atoms with Crippen molar-refractivity contribution in [3.05, 3.63) is 48.0 Å². The van der Waals surface area contributed by atoms with E-state index in [0.29, 0.717) is 5.57 Å². The second kappa shape index (κ2) is 9.01. The van der Waals surface area contributed by atoms with Gasteiger partial charge in [-0.1, -0.05) is 36.9 Å². The summed E-state index contributed by atoms with van der Waals surface area (Å²) in [6, 6.07) is 8.43. The summed E-state index contributed by atoms with van der Waals surface area (Å²) in [5.41, 5.74) is 0.568. The SMILES string of the molecule is C=C(C)C(=O)CNC(=O)[C@H](Cc1ccccc1)NC(=O)OC(C)(C)C. The van der Waals surface area contributed by atoms with Crippen molar-refractivity contribution in [3.8, 4) is 0 Å². The average Bonchev–Trinajstić information content (AvgIpc) is 2.50. The molecule has 0 aliphatic heterocycles. The third-order valence-corrected chi connectivity index (χ3v) is 3.19. The normalized spacial score (nSPS) is 12.0. The first kappa shape index (κ1) is 20.4. The van der Waals surface area contributed by atoms with E-state index in [0.717, 1.165) is 5.56 Å². The summed E-state index contributed by atoms with van der Waals surface area (Å²) in [4.78, 5) is 36.0. The minimum absolute atomic E-state index is 0.157. The van der Waals surface area contributed by atoms with Crippen LogP contribution in [-0.4, -0.2) is 36.0 Å². The molecule has 136 valence electrons. The first-order valence-corrected chi connectivity index (χ1v) is 8.08. The van der Waals surface area contributed by atoms with E-state index in [-0.39, 0.29) is 18.7 Å². The zero-order chi connectivity index (χ0) is 19.0. The van der Waals surface area contributed by atoms with Crippen molar-refractivity contribution in [2.75, 3.05) is 6.54 Å². The number of hydrogen-bond acceptors (Lipinski definition) is 4. The summed E-state index contributed by atoms with van der Waals surface area (Å²) in [6.07, 6.45) is -0.400. The molecule has 0 fully saturated rings. The second-order valence-corrected chi connectivity index (χ2v) is 6.81. The lowest BCUT2D eigenvalue weighted by atomic mass is 10.1. The van der Waals surface area contributed by atoms with Gasteiger partial charge in [0.1, 0.15) is 11.6 Å². The Hall–Kier alpha value is -2.63. The van der Waals surface area contributed by atoms with Crippen LogP contribution in [0.15, 0.2) is 42.5 Å². The van der Waals surface area contributed by atoms with Crippen LogP contribution >= 0.6 is 0 Å². The van der Waals surface area contributed by atoms with Crippen molar-refractivity contribution in [1.29, 1.82) is 0 Å². The Kier molecular flexibility index (Phi) is 7.36. The van der Waals surface area contributed by atoms with Crippen molar-refractivity contribution in [3.63, 3.8) is 0 Å². The highest BCUT2D eigenvalue weighted by Crippen LogP contribution is 2.08. The van der Waals surface area contributed by atoms with Crippen LogP contribution in [0.1, 0.15) is 33.3 Å². The van der Waals surface area contributed by atoms with Crippen LogP contribution in [0, 0.1) is 0 Å². The van der Waals surface area contributed by atoms with Gasteiger partial charge in [-0.3, -0.25) is 9.59 Å². The first-order chi connectivity index (χ1) is 11.6. The van der Waals surface area contributed by atoms with Crippen LogP contribution in [-0.2, 0) is 20.7 Å². The molecule has 1 aromatic carbocycles. The highest BCUT2D eigenvalue weighted by Gasteiger charge is 2.25. The summed E-state index contributed by atoms with van der Waals surface area (Å²) in [5, 5.41) is 5.10. The molecule has 0 unspecified atom stereocenters. The Morgan fingerprint density at radius 2 is 1.76 bits per heavy atom. The van der Waals surface area contributed by atoms with Crippen LogP contribution in [0.25, 0.3) is 0 Å². The summed E-state index contributed by atoms with van der Waals surface area (Å²) < 4.78 is 5.21. The first-order valence-electron chi connectivity index (χ1n) is 8.08. The van der Waals surface area contributed by atoms with E-state index < -0.39 is 23.6 Å². The molecule has 1 atom stereocenters. The van der Waals surface area contributed by atoms with Crippen LogP contribution in [0.3, 0.4) is 0 Å². The lowest BCUT2D eigenvalue weighted by molar-refractivity contribution is -0.125. The maximum Gasteiger partial charge on any atom is 0.408 e. The largest absolute Gasteiger partial charge is 0.444 e.